The number of H-pyrrole nitrogens is 1. The van der Waals surface area contributed by atoms with Crippen LogP contribution in [0.2, 0.25) is 0 Å². The number of rotatable bonds is 5. The summed E-state index contributed by atoms with van der Waals surface area (Å²) in [6, 6.07) is 9.74. The summed E-state index contributed by atoms with van der Waals surface area (Å²) < 4.78 is 0. The molecule has 2 aromatic rings. The van der Waals surface area contributed by atoms with E-state index in [2.05, 4.69) is 34.3 Å². The Morgan fingerprint density at radius 1 is 1.38 bits per heavy atom. The summed E-state index contributed by atoms with van der Waals surface area (Å²) in [4.78, 5) is 19.0. The summed E-state index contributed by atoms with van der Waals surface area (Å²) in [5.41, 5.74) is 7.75. The van der Waals surface area contributed by atoms with Crippen molar-refractivity contribution in [2.24, 2.45) is 5.73 Å². The van der Waals surface area contributed by atoms with E-state index in [4.69, 9.17) is 5.73 Å². The quantitative estimate of drug-likeness (QED) is 0.786. The number of aromatic amines is 1. The van der Waals surface area contributed by atoms with Crippen molar-refractivity contribution >= 4 is 5.82 Å². The van der Waals surface area contributed by atoms with Crippen LogP contribution in [0, 0.1) is 0 Å². The fourth-order valence-corrected chi connectivity index (χ4v) is 2.35. The molecular formula is C16H20N4O. The fourth-order valence-electron chi connectivity index (χ4n) is 2.35. The number of nitrogens with two attached hydrogens (primary N) is 1. The van der Waals surface area contributed by atoms with Gasteiger partial charge in [-0.2, -0.15) is 0 Å². The number of nitrogens with zero attached hydrogens (tertiary/aromatic N) is 1. The highest BCUT2D eigenvalue weighted by Crippen LogP contribution is 2.37. The number of nitrogens with one attached hydrogen (secondary N) is 2. The molecule has 0 bridgehead atoms. The van der Waals surface area contributed by atoms with Gasteiger partial charge in [0.25, 0.3) is 5.56 Å². The van der Waals surface area contributed by atoms with Gasteiger partial charge < -0.3 is 16.0 Å². The summed E-state index contributed by atoms with van der Waals surface area (Å²) in [5, 5.41) is 3.30. The van der Waals surface area contributed by atoms with Gasteiger partial charge in [-0.05, 0) is 30.9 Å². The van der Waals surface area contributed by atoms with E-state index in [1.165, 1.54) is 6.07 Å². The first-order chi connectivity index (χ1) is 10.2. The lowest BCUT2D eigenvalue weighted by atomic mass is 10.1. The summed E-state index contributed by atoms with van der Waals surface area (Å²) in [5.74, 6) is 1.87. The van der Waals surface area contributed by atoms with Crippen molar-refractivity contribution in [1.82, 2.24) is 9.97 Å². The second-order valence-electron chi connectivity index (χ2n) is 5.60. The van der Waals surface area contributed by atoms with E-state index < -0.39 is 0 Å². The minimum Gasteiger partial charge on any atom is -0.363 e. The standard InChI is InChI=1S/C16H20N4O/c1-10(12-4-2-11(9-17)3-5-12)18-14-8-15(21)20-16(19-14)13-6-7-13/h2-5,8,10,13H,6-7,9,17H2,1H3,(H2,18,19,20,21). The highest BCUT2D eigenvalue weighted by molar-refractivity contribution is 5.38. The van der Waals surface area contributed by atoms with Gasteiger partial charge in [0.1, 0.15) is 11.6 Å². The Labute approximate surface area is 123 Å². The lowest BCUT2D eigenvalue weighted by Crippen LogP contribution is -2.15. The number of aromatic nitrogens is 2. The first-order valence-electron chi connectivity index (χ1n) is 7.32. The van der Waals surface area contributed by atoms with E-state index in [1.807, 2.05) is 12.1 Å². The molecule has 1 heterocycles. The molecule has 1 atom stereocenters. The summed E-state index contributed by atoms with van der Waals surface area (Å²) in [6.45, 7) is 2.60. The molecule has 1 fully saturated rings. The topological polar surface area (TPSA) is 83.8 Å². The monoisotopic (exact) mass is 284 g/mol. The molecule has 0 amide bonds. The van der Waals surface area contributed by atoms with Gasteiger partial charge >= 0.3 is 0 Å². The maximum Gasteiger partial charge on any atom is 0.252 e. The van der Waals surface area contributed by atoms with E-state index in [-0.39, 0.29) is 11.6 Å². The van der Waals surface area contributed by atoms with Gasteiger partial charge in [0.15, 0.2) is 0 Å². The largest absolute Gasteiger partial charge is 0.363 e. The molecule has 5 nitrogen and oxygen atoms in total. The van der Waals surface area contributed by atoms with Crippen LogP contribution >= 0.6 is 0 Å². The molecule has 0 radical (unpaired) electrons. The van der Waals surface area contributed by atoms with Crippen LogP contribution in [0.15, 0.2) is 35.1 Å². The van der Waals surface area contributed by atoms with Crippen LogP contribution in [0.4, 0.5) is 5.82 Å². The SMILES string of the molecule is CC(Nc1cc(=O)[nH]c(C2CC2)n1)c1ccc(CN)cc1. The molecule has 1 aliphatic carbocycles. The molecule has 5 heteroatoms. The molecule has 110 valence electrons. The van der Waals surface area contributed by atoms with E-state index in [9.17, 15) is 4.79 Å². The molecule has 21 heavy (non-hydrogen) atoms. The predicted octanol–water partition coefficient (Wildman–Crippen LogP) is 2.28. The second-order valence-corrected chi connectivity index (χ2v) is 5.60. The molecule has 1 aliphatic rings. The van der Waals surface area contributed by atoms with Crippen molar-refractivity contribution in [2.45, 2.75) is 38.3 Å². The van der Waals surface area contributed by atoms with Crippen LogP contribution in [0.1, 0.15) is 48.7 Å². The highest BCUT2D eigenvalue weighted by atomic mass is 16.1. The summed E-state index contributed by atoms with van der Waals surface area (Å²) >= 11 is 0. The zero-order chi connectivity index (χ0) is 14.8. The van der Waals surface area contributed by atoms with Gasteiger partial charge in [0.05, 0.1) is 0 Å². The van der Waals surface area contributed by atoms with Gasteiger partial charge in [-0.25, -0.2) is 4.98 Å². The average molecular weight is 284 g/mol. The Bertz CT molecular complexity index is 673. The van der Waals surface area contributed by atoms with Crippen LogP contribution in [-0.4, -0.2) is 9.97 Å². The molecule has 0 spiro atoms. The lowest BCUT2D eigenvalue weighted by Gasteiger charge is -2.15. The Kier molecular flexibility index (Phi) is 3.75. The van der Waals surface area contributed by atoms with Crippen LogP contribution in [0.3, 0.4) is 0 Å². The molecule has 4 N–H and O–H groups in total. The first-order valence-corrected chi connectivity index (χ1v) is 7.32. The van der Waals surface area contributed by atoms with Gasteiger partial charge in [-0.3, -0.25) is 4.79 Å². The summed E-state index contributed by atoms with van der Waals surface area (Å²) in [6.07, 6.45) is 2.23. The minimum absolute atomic E-state index is 0.0816. The van der Waals surface area contributed by atoms with E-state index >= 15 is 0 Å². The number of benzene rings is 1. The Morgan fingerprint density at radius 2 is 2.10 bits per heavy atom. The molecule has 0 saturated heterocycles. The van der Waals surface area contributed by atoms with Crippen molar-refractivity contribution in [3.8, 4) is 0 Å². The predicted molar refractivity (Wildman–Crippen MR) is 83.2 cm³/mol. The zero-order valence-electron chi connectivity index (χ0n) is 12.1. The molecule has 1 aromatic heterocycles. The van der Waals surface area contributed by atoms with Crippen molar-refractivity contribution in [3.63, 3.8) is 0 Å². The third-order valence-corrected chi connectivity index (χ3v) is 3.80. The smallest absolute Gasteiger partial charge is 0.252 e. The van der Waals surface area contributed by atoms with Gasteiger partial charge in [0.2, 0.25) is 0 Å². The van der Waals surface area contributed by atoms with Crippen molar-refractivity contribution in [2.75, 3.05) is 5.32 Å². The Hall–Kier alpha value is -2.14. The minimum atomic E-state index is -0.0971. The molecule has 3 rings (SSSR count). The Balaban J connectivity index is 1.77. The van der Waals surface area contributed by atoms with E-state index in [0.29, 0.717) is 18.3 Å². The van der Waals surface area contributed by atoms with Crippen molar-refractivity contribution in [3.05, 3.63) is 57.6 Å². The van der Waals surface area contributed by atoms with E-state index in [1.54, 1.807) is 0 Å². The second kappa shape index (κ2) is 5.69. The summed E-state index contributed by atoms with van der Waals surface area (Å²) in [7, 11) is 0. The molecule has 0 aliphatic heterocycles. The van der Waals surface area contributed by atoms with Crippen LogP contribution in [0.5, 0.6) is 0 Å². The fraction of sp³-hybridized carbons (Fsp3) is 0.375. The first kappa shape index (κ1) is 13.8. The molecular weight excluding hydrogens is 264 g/mol. The van der Waals surface area contributed by atoms with Crippen LogP contribution in [-0.2, 0) is 6.54 Å². The normalized spacial score (nSPS) is 15.7. The van der Waals surface area contributed by atoms with Gasteiger partial charge in [0, 0.05) is 24.6 Å². The van der Waals surface area contributed by atoms with Crippen LogP contribution in [0.25, 0.3) is 0 Å². The van der Waals surface area contributed by atoms with Crippen LogP contribution < -0.4 is 16.6 Å². The van der Waals surface area contributed by atoms with Crippen molar-refractivity contribution < 1.29 is 0 Å². The number of anilines is 1. The molecule has 1 unspecified atom stereocenters. The molecule has 1 saturated carbocycles. The highest BCUT2D eigenvalue weighted by Gasteiger charge is 2.26. The van der Waals surface area contributed by atoms with Crippen molar-refractivity contribution in [1.29, 1.82) is 0 Å². The van der Waals surface area contributed by atoms with Gasteiger partial charge in [-0.15, -0.1) is 0 Å². The zero-order valence-corrected chi connectivity index (χ0v) is 12.1. The lowest BCUT2D eigenvalue weighted by molar-refractivity contribution is 0.847. The number of hydrogen-bond acceptors (Lipinski definition) is 4. The third-order valence-electron chi connectivity index (χ3n) is 3.80. The Morgan fingerprint density at radius 3 is 2.71 bits per heavy atom. The van der Waals surface area contributed by atoms with Gasteiger partial charge in [-0.1, -0.05) is 24.3 Å². The average Bonchev–Trinajstić information content (AvgIpc) is 3.31. The maximum atomic E-state index is 11.7. The van der Waals surface area contributed by atoms with E-state index in [0.717, 1.165) is 29.8 Å². The maximum absolute atomic E-state index is 11.7. The number of hydrogen-bond donors (Lipinski definition) is 3. The molecule has 1 aromatic carbocycles. The third kappa shape index (κ3) is 3.31.